The van der Waals surface area contributed by atoms with E-state index in [-0.39, 0.29) is 18.4 Å². The van der Waals surface area contributed by atoms with Gasteiger partial charge in [0.1, 0.15) is 16.0 Å². The van der Waals surface area contributed by atoms with Crippen molar-refractivity contribution < 1.29 is 23.9 Å². The van der Waals surface area contributed by atoms with Crippen LogP contribution in [0.1, 0.15) is 61.7 Å². The number of hydrogen-bond acceptors (Lipinski definition) is 7. The average Bonchev–Trinajstić information content (AvgIpc) is 3.38. The van der Waals surface area contributed by atoms with Gasteiger partial charge >= 0.3 is 5.97 Å². The number of benzene rings is 3. The van der Waals surface area contributed by atoms with Crippen molar-refractivity contribution in [3.05, 3.63) is 106 Å². The Morgan fingerprint density at radius 3 is 2.50 bits per heavy atom. The zero-order valence-electron chi connectivity index (χ0n) is 23.5. The topological polar surface area (TPSA) is 93.7 Å². The highest BCUT2D eigenvalue weighted by molar-refractivity contribution is 8.00. The summed E-state index contributed by atoms with van der Waals surface area (Å²) >= 11 is 2.85. The molecule has 0 spiro atoms. The first kappa shape index (κ1) is 29.4. The Morgan fingerprint density at radius 2 is 1.71 bits per heavy atom. The van der Waals surface area contributed by atoms with Gasteiger partial charge in [-0.2, -0.15) is 0 Å². The number of thioether (sulfide) groups is 1. The third kappa shape index (κ3) is 6.86. The number of esters is 1. The van der Waals surface area contributed by atoms with Crippen LogP contribution in [-0.2, 0) is 22.4 Å². The highest BCUT2D eigenvalue weighted by Gasteiger charge is 2.30. The summed E-state index contributed by atoms with van der Waals surface area (Å²) in [6.45, 7) is 2.05. The Balaban J connectivity index is 1.39. The van der Waals surface area contributed by atoms with Crippen molar-refractivity contribution in [1.29, 1.82) is 0 Å². The maximum Gasteiger partial charge on any atom is 0.341 e. The predicted molar refractivity (Wildman–Crippen MR) is 168 cm³/mol. The Kier molecular flexibility index (Phi) is 9.61. The summed E-state index contributed by atoms with van der Waals surface area (Å²) in [6, 6.07) is 23.9. The number of nitrogens with one attached hydrogen (secondary N) is 2. The number of amides is 2. The largest absolute Gasteiger partial charge is 0.497 e. The summed E-state index contributed by atoms with van der Waals surface area (Å²) in [5.74, 6) is -0.292. The molecular weight excluding hydrogens is 569 g/mol. The first-order valence-electron chi connectivity index (χ1n) is 13.9. The van der Waals surface area contributed by atoms with Crippen LogP contribution < -0.4 is 15.4 Å². The van der Waals surface area contributed by atoms with Gasteiger partial charge in [0.15, 0.2) is 0 Å². The number of methoxy groups -OCH3 is 1. The first-order valence-corrected chi connectivity index (χ1v) is 15.6. The molecule has 7 nitrogen and oxygen atoms in total. The lowest BCUT2D eigenvalue weighted by atomic mass is 9.95. The second-order valence-corrected chi connectivity index (χ2v) is 12.0. The molecule has 2 amide bonds. The van der Waals surface area contributed by atoms with Gasteiger partial charge in [0.2, 0.25) is 5.91 Å². The van der Waals surface area contributed by atoms with Crippen LogP contribution in [0.2, 0.25) is 0 Å². The van der Waals surface area contributed by atoms with Crippen LogP contribution in [0.25, 0.3) is 0 Å². The van der Waals surface area contributed by atoms with Crippen LogP contribution >= 0.6 is 23.1 Å². The molecule has 0 bridgehead atoms. The molecule has 0 radical (unpaired) electrons. The molecule has 0 fully saturated rings. The van der Waals surface area contributed by atoms with Gasteiger partial charge in [-0.25, -0.2) is 4.79 Å². The molecule has 0 saturated heterocycles. The van der Waals surface area contributed by atoms with E-state index in [1.165, 1.54) is 23.1 Å². The van der Waals surface area contributed by atoms with Gasteiger partial charge in [-0.3, -0.25) is 9.59 Å². The van der Waals surface area contributed by atoms with Crippen molar-refractivity contribution >= 4 is 51.6 Å². The van der Waals surface area contributed by atoms with E-state index < -0.39 is 11.2 Å². The number of carbonyl (C=O) groups is 3. The van der Waals surface area contributed by atoms with Crippen molar-refractivity contribution in [3.63, 3.8) is 0 Å². The molecule has 216 valence electrons. The monoisotopic (exact) mass is 600 g/mol. The third-order valence-corrected chi connectivity index (χ3v) is 9.36. The fourth-order valence-corrected chi connectivity index (χ4v) is 7.27. The van der Waals surface area contributed by atoms with Crippen LogP contribution in [0.3, 0.4) is 0 Å². The van der Waals surface area contributed by atoms with Gasteiger partial charge < -0.3 is 20.1 Å². The number of fused-ring (bicyclic) bond motifs is 1. The Morgan fingerprint density at radius 1 is 0.929 bits per heavy atom. The molecule has 42 heavy (non-hydrogen) atoms. The molecule has 5 rings (SSSR count). The number of thiophene rings is 1. The van der Waals surface area contributed by atoms with E-state index in [1.54, 1.807) is 38.3 Å². The van der Waals surface area contributed by atoms with E-state index >= 15 is 0 Å². The Bertz CT molecular complexity index is 1580. The van der Waals surface area contributed by atoms with Crippen molar-refractivity contribution in [2.45, 2.75) is 42.8 Å². The molecule has 4 aromatic rings. The lowest BCUT2D eigenvalue weighted by Crippen LogP contribution is -2.20. The molecule has 1 aliphatic carbocycles. The van der Waals surface area contributed by atoms with Crippen LogP contribution in [0.5, 0.6) is 5.75 Å². The first-order chi connectivity index (χ1) is 20.5. The van der Waals surface area contributed by atoms with E-state index in [9.17, 15) is 14.4 Å². The Labute approximate surface area is 253 Å². The smallest absolute Gasteiger partial charge is 0.341 e. The van der Waals surface area contributed by atoms with Crippen molar-refractivity contribution in [1.82, 2.24) is 0 Å². The van der Waals surface area contributed by atoms with Crippen LogP contribution in [0, 0.1) is 0 Å². The molecule has 0 saturated carbocycles. The van der Waals surface area contributed by atoms with E-state index in [0.717, 1.165) is 46.6 Å². The van der Waals surface area contributed by atoms with Gasteiger partial charge in [0, 0.05) is 21.0 Å². The normalized spacial score (nSPS) is 13.0. The van der Waals surface area contributed by atoms with E-state index in [0.29, 0.717) is 27.6 Å². The minimum absolute atomic E-state index is 0.235. The number of ether oxygens (including phenoxy) is 2. The molecule has 2 N–H and O–H groups in total. The number of rotatable bonds is 10. The molecule has 1 heterocycles. The summed E-state index contributed by atoms with van der Waals surface area (Å²) in [5, 5.41) is 5.96. The maximum absolute atomic E-state index is 13.9. The van der Waals surface area contributed by atoms with Crippen LogP contribution in [-0.4, -0.2) is 31.5 Å². The summed E-state index contributed by atoms with van der Waals surface area (Å²) in [6.07, 6.45) is 3.78. The van der Waals surface area contributed by atoms with Crippen LogP contribution in [0.15, 0.2) is 83.8 Å². The maximum atomic E-state index is 13.9. The van der Waals surface area contributed by atoms with Gasteiger partial charge in [0.25, 0.3) is 5.91 Å². The molecule has 1 aliphatic rings. The number of carbonyl (C=O) groups excluding carboxylic acids is 3. The Hall–Kier alpha value is -4.08. The molecule has 3 aromatic carbocycles. The lowest BCUT2D eigenvalue weighted by Gasteiger charge is -2.18. The molecular formula is C33H32N2O5S2. The van der Waals surface area contributed by atoms with Crippen molar-refractivity contribution in [3.8, 4) is 5.75 Å². The molecule has 9 heteroatoms. The highest BCUT2D eigenvalue weighted by Crippen LogP contribution is 2.41. The summed E-state index contributed by atoms with van der Waals surface area (Å²) in [4.78, 5) is 41.7. The zero-order chi connectivity index (χ0) is 29.5. The number of anilines is 2. The van der Waals surface area contributed by atoms with Gasteiger partial charge in [0.05, 0.1) is 19.3 Å². The number of hydrogen-bond donors (Lipinski definition) is 2. The number of aryl methyl sites for hydroxylation is 1. The molecule has 1 aromatic heterocycles. The molecule has 1 atom stereocenters. The predicted octanol–water partition coefficient (Wildman–Crippen LogP) is 7.54. The van der Waals surface area contributed by atoms with E-state index in [2.05, 4.69) is 10.6 Å². The van der Waals surface area contributed by atoms with Crippen LogP contribution in [0.4, 0.5) is 10.7 Å². The van der Waals surface area contributed by atoms with E-state index in [4.69, 9.17) is 9.47 Å². The molecule has 0 aliphatic heterocycles. The summed E-state index contributed by atoms with van der Waals surface area (Å²) < 4.78 is 10.6. The summed E-state index contributed by atoms with van der Waals surface area (Å²) in [5.41, 5.74) is 3.40. The van der Waals surface area contributed by atoms with Gasteiger partial charge in [-0.15, -0.1) is 23.1 Å². The lowest BCUT2D eigenvalue weighted by molar-refractivity contribution is -0.115. The highest BCUT2D eigenvalue weighted by atomic mass is 32.2. The minimum atomic E-state index is -0.607. The van der Waals surface area contributed by atoms with Crippen molar-refractivity contribution in [2.24, 2.45) is 0 Å². The second kappa shape index (κ2) is 13.7. The van der Waals surface area contributed by atoms with E-state index in [1.807, 2.05) is 54.6 Å². The van der Waals surface area contributed by atoms with Crippen molar-refractivity contribution in [2.75, 3.05) is 24.4 Å². The fraction of sp³-hybridized carbons (Fsp3) is 0.242. The second-order valence-electron chi connectivity index (χ2n) is 9.75. The SMILES string of the molecule is CCOC(=O)c1c(NC(=O)C(Sc2cccc(NC(=O)c3cccc(OC)c3)c2)c2ccccc2)sc2c1CCCC2. The third-order valence-electron chi connectivity index (χ3n) is 6.91. The van der Waals surface area contributed by atoms with Gasteiger partial charge in [-0.05, 0) is 80.1 Å². The fourth-order valence-electron chi connectivity index (χ4n) is 4.90. The standard InChI is InChI=1S/C33H32N2O5S2/c1-3-40-33(38)28-26-17-7-8-18-27(26)42-32(28)35-31(37)29(21-11-5-4-6-12-21)41-25-16-10-14-23(20-25)34-30(36)22-13-9-15-24(19-22)39-2/h4-6,9-16,19-20,29H,3,7-8,17-18H2,1-2H3,(H,34,36)(H,35,37). The summed E-state index contributed by atoms with van der Waals surface area (Å²) in [7, 11) is 1.56. The minimum Gasteiger partial charge on any atom is -0.497 e. The van der Waals surface area contributed by atoms with Gasteiger partial charge in [-0.1, -0.05) is 42.5 Å². The zero-order valence-corrected chi connectivity index (χ0v) is 25.1. The average molecular weight is 601 g/mol. The molecule has 1 unspecified atom stereocenters. The quantitative estimate of drug-likeness (QED) is 0.144.